The molecule has 1 aliphatic rings. The summed E-state index contributed by atoms with van der Waals surface area (Å²) in [6, 6.07) is 57.1. The molecule has 0 amide bonds. The van der Waals surface area contributed by atoms with Gasteiger partial charge >= 0.3 is 0 Å². The van der Waals surface area contributed by atoms with Gasteiger partial charge < -0.3 is 8.98 Å². The lowest BCUT2D eigenvalue weighted by atomic mass is 9.87. The second-order valence-electron chi connectivity index (χ2n) is 12.1. The van der Waals surface area contributed by atoms with Gasteiger partial charge in [-0.15, -0.1) is 0 Å². The van der Waals surface area contributed by atoms with Gasteiger partial charge in [-0.25, -0.2) is 0 Å². The zero-order valence-corrected chi connectivity index (χ0v) is 24.4. The second-order valence-corrected chi connectivity index (χ2v) is 12.1. The fraction of sp³-hybridized carbons (Fsp3) is 0.0233. The van der Waals surface area contributed by atoms with Gasteiger partial charge in [-0.05, 0) is 87.5 Å². The molecule has 0 N–H and O–H groups in total. The van der Waals surface area contributed by atoms with Crippen LogP contribution in [0.3, 0.4) is 0 Å². The fourth-order valence-electron chi connectivity index (χ4n) is 7.75. The Morgan fingerprint density at radius 3 is 2.02 bits per heavy atom. The molecule has 2 heterocycles. The van der Waals surface area contributed by atoms with E-state index in [1.807, 2.05) is 0 Å². The molecule has 45 heavy (non-hydrogen) atoms. The molecule has 1 aliphatic carbocycles. The molecule has 0 saturated heterocycles. The highest BCUT2D eigenvalue weighted by Crippen LogP contribution is 2.53. The first-order valence-corrected chi connectivity index (χ1v) is 15.6. The molecule has 7 aromatic carbocycles. The number of fused-ring (bicyclic) bond motifs is 10. The summed E-state index contributed by atoms with van der Waals surface area (Å²) in [5.74, 6) is 0.140. The minimum Gasteiger partial charge on any atom is -0.456 e. The molecule has 2 aromatic heterocycles. The number of para-hydroxylation sites is 3. The summed E-state index contributed by atoms with van der Waals surface area (Å²) < 4.78 is 8.74. The van der Waals surface area contributed by atoms with Crippen LogP contribution in [0.5, 0.6) is 0 Å². The second kappa shape index (κ2) is 9.32. The average molecular weight is 574 g/mol. The highest BCUT2D eigenvalue weighted by Gasteiger charge is 2.33. The lowest BCUT2D eigenvalue weighted by Crippen LogP contribution is -1.99. The first-order chi connectivity index (χ1) is 22.3. The van der Waals surface area contributed by atoms with Crippen LogP contribution in [-0.2, 0) is 0 Å². The van der Waals surface area contributed by atoms with Crippen LogP contribution in [0.25, 0.3) is 71.7 Å². The molecule has 0 spiro atoms. The summed E-state index contributed by atoms with van der Waals surface area (Å²) in [7, 11) is 0. The minimum atomic E-state index is 0.140. The van der Waals surface area contributed by atoms with Crippen molar-refractivity contribution in [3.63, 3.8) is 0 Å². The molecular weight excluding hydrogens is 546 g/mol. The van der Waals surface area contributed by atoms with Crippen molar-refractivity contribution < 1.29 is 4.42 Å². The SMILES string of the molecule is c1ccc(C2c3ccc(-c4ccc5c(c4)c4ccccc4n5-c4ccccc4)cc3-c3ccc4oc5ccccc5c4c32)cc1. The van der Waals surface area contributed by atoms with Crippen molar-refractivity contribution in [2.75, 3.05) is 0 Å². The number of hydrogen-bond acceptors (Lipinski definition) is 1. The Morgan fingerprint density at radius 2 is 1.16 bits per heavy atom. The first-order valence-electron chi connectivity index (χ1n) is 15.6. The Hall–Kier alpha value is -5.86. The van der Waals surface area contributed by atoms with Gasteiger partial charge in [-0.3, -0.25) is 0 Å². The third-order valence-electron chi connectivity index (χ3n) is 9.68. The van der Waals surface area contributed by atoms with Gasteiger partial charge in [0.25, 0.3) is 0 Å². The summed E-state index contributed by atoms with van der Waals surface area (Å²) in [4.78, 5) is 0. The van der Waals surface area contributed by atoms with Crippen LogP contribution in [0, 0.1) is 0 Å². The van der Waals surface area contributed by atoms with E-state index < -0.39 is 0 Å². The van der Waals surface area contributed by atoms with Crippen LogP contribution in [-0.4, -0.2) is 4.57 Å². The maximum Gasteiger partial charge on any atom is 0.135 e. The smallest absolute Gasteiger partial charge is 0.135 e. The van der Waals surface area contributed by atoms with Crippen molar-refractivity contribution in [1.82, 2.24) is 4.57 Å². The van der Waals surface area contributed by atoms with E-state index in [9.17, 15) is 0 Å². The van der Waals surface area contributed by atoms with Gasteiger partial charge in [-0.2, -0.15) is 0 Å². The molecule has 2 heteroatoms. The monoisotopic (exact) mass is 573 g/mol. The van der Waals surface area contributed by atoms with Gasteiger partial charge in [-0.1, -0.05) is 109 Å². The van der Waals surface area contributed by atoms with Crippen LogP contribution >= 0.6 is 0 Å². The first kappa shape index (κ1) is 24.6. The molecule has 9 aromatic rings. The van der Waals surface area contributed by atoms with Gasteiger partial charge in [0, 0.05) is 33.2 Å². The number of nitrogens with zero attached hydrogens (tertiary/aromatic N) is 1. The van der Waals surface area contributed by atoms with Crippen LogP contribution < -0.4 is 0 Å². The topological polar surface area (TPSA) is 18.1 Å². The molecule has 0 aliphatic heterocycles. The third kappa shape index (κ3) is 3.51. The van der Waals surface area contributed by atoms with E-state index in [4.69, 9.17) is 4.42 Å². The number of furan rings is 1. The molecular formula is C43H27NO. The lowest BCUT2D eigenvalue weighted by molar-refractivity contribution is 0.668. The predicted octanol–water partition coefficient (Wildman–Crippen LogP) is 11.5. The molecule has 0 saturated carbocycles. The van der Waals surface area contributed by atoms with Gasteiger partial charge in [0.15, 0.2) is 0 Å². The Kier molecular flexibility index (Phi) is 5.09. The molecule has 1 unspecified atom stereocenters. The molecule has 2 nitrogen and oxygen atoms in total. The molecule has 0 fully saturated rings. The van der Waals surface area contributed by atoms with Crippen LogP contribution in [0.2, 0.25) is 0 Å². The molecule has 0 radical (unpaired) electrons. The van der Waals surface area contributed by atoms with Gasteiger partial charge in [0.1, 0.15) is 11.2 Å². The van der Waals surface area contributed by atoms with Crippen molar-refractivity contribution in [1.29, 1.82) is 0 Å². The zero-order chi connectivity index (χ0) is 29.5. The molecule has 1 atom stereocenters. The van der Waals surface area contributed by atoms with Crippen molar-refractivity contribution in [2.24, 2.45) is 0 Å². The Morgan fingerprint density at radius 1 is 0.467 bits per heavy atom. The lowest BCUT2D eigenvalue weighted by Gasteiger charge is -2.15. The van der Waals surface area contributed by atoms with E-state index in [0.29, 0.717) is 0 Å². The van der Waals surface area contributed by atoms with Crippen molar-refractivity contribution in [2.45, 2.75) is 5.92 Å². The Bertz CT molecular complexity index is 2590. The summed E-state index contributed by atoms with van der Waals surface area (Å²) in [5, 5.41) is 4.94. The average Bonchev–Trinajstić information content (AvgIpc) is 3.76. The van der Waals surface area contributed by atoms with E-state index >= 15 is 0 Å². The van der Waals surface area contributed by atoms with E-state index in [2.05, 4.69) is 162 Å². The Balaban J connectivity index is 1.20. The minimum absolute atomic E-state index is 0.140. The van der Waals surface area contributed by atoms with E-state index in [0.717, 1.165) is 11.2 Å². The standard InChI is InChI=1S/C43H27NO/c1-3-11-27(12-4-1)41-32-21-19-28(25-35(32)33-22-24-40-42(43(33)41)34-16-8-10-18-39(34)45-40)29-20-23-38-36(26-29)31-15-7-9-17-37(31)44(38)30-13-5-2-6-14-30/h1-26,41H. The van der Waals surface area contributed by atoms with Gasteiger partial charge in [0.05, 0.1) is 11.0 Å². The van der Waals surface area contributed by atoms with Crippen LogP contribution in [0.15, 0.2) is 162 Å². The highest BCUT2D eigenvalue weighted by atomic mass is 16.3. The maximum absolute atomic E-state index is 6.36. The van der Waals surface area contributed by atoms with Crippen molar-refractivity contribution >= 4 is 43.7 Å². The molecule has 0 bridgehead atoms. The summed E-state index contributed by atoms with van der Waals surface area (Å²) in [6.45, 7) is 0. The van der Waals surface area contributed by atoms with Crippen molar-refractivity contribution in [3.8, 4) is 27.9 Å². The quantitative estimate of drug-likeness (QED) is 0.206. The fourth-order valence-corrected chi connectivity index (χ4v) is 7.75. The maximum atomic E-state index is 6.36. The summed E-state index contributed by atoms with van der Waals surface area (Å²) >= 11 is 0. The third-order valence-corrected chi connectivity index (χ3v) is 9.68. The number of rotatable bonds is 3. The summed E-state index contributed by atoms with van der Waals surface area (Å²) in [5.41, 5.74) is 14.5. The van der Waals surface area contributed by atoms with E-state index in [-0.39, 0.29) is 5.92 Å². The highest BCUT2D eigenvalue weighted by molar-refractivity contribution is 6.12. The molecule has 10 rings (SSSR count). The molecule has 210 valence electrons. The van der Waals surface area contributed by atoms with E-state index in [1.54, 1.807) is 0 Å². The predicted molar refractivity (Wildman–Crippen MR) is 186 cm³/mol. The number of hydrogen-bond donors (Lipinski definition) is 0. The van der Waals surface area contributed by atoms with Crippen LogP contribution in [0.4, 0.5) is 0 Å². The zero-order valence-electron chi connectivity index (χ0n) is 24.4. The van der Waals surface area contributed by atoms with Gasteiger partial charge in [0.2, 0.25) is 0 Å². The van der Waals surface area contributed by atoms with E-state index in [1.165, 1.54) is 77.2 Å². The Labute approximate surface area is 260 Å². The summed E-state index contributed by atoms with van der Waals surface area (Å²) in [6.07, 6.45) is 0. The van der Waals surface area contributed by atoms with Crippen molar-refractivity contribution in [3.05, 3.63) is 174 Å². The normalized spacial score (nSPS) is 14.0. The van der Waals surface area contributed by atoms with Crippen LogP contribution in [0.1, 0.15) is 22.6 Å². The number of benzene rings is 7. The number of aromatic nitrogens is 1. The largest absolute Gasteiger partial charge is 0.456 e.